The van der Waals surface area contributed by atoms with Crippen LogP contribution in [-0.4, -0.2) is 12.5 Å². The molecule has 0 bridgehead atoms. The van der Waals surface area contributed by atoms with Gasteiger partial charge in [0, 0.05) is 24.3 Å². The first kappa shape index (κ1) is 9.53. The average molecular weight is 201 g/mol. The highest BCUT2D eigenvalue weighted by molar-refractivity contribution is 5.95. The quantitative estimate of drug-likeness (QED) is 0.695. The highest BCUT2D eigenvalue weighted by atomic mass is 16.2. The van der Waals surface area contributed by atoms with Crippen LogP contribution in [0, 0.1) is 11.3 Å². The van der Waals surface area contributed by atoms with Crippen LogP contribution in [0.2, 0.25) is 0 Å². The van der Waals surface area contributed by atoms with Crippen molar-refractivity contribution in [3.63, 3.8) is 0 Å². The van der Waals surface area contributed by atoms with Crippen LogP contribution in [0.25, 0.3) is 0 Å². The van der Waals surface area contributed by atoms with E-state index < -0.39 is 0 Å². The fourth-order valence-corrected chi connectivity index (χ4v) is 1.73. The van der Waals surface area contributed by atoms with Crippen LogP contribution in [-0.2, 0) is 4.79 Å². The number of rotatable bonds is 1. The summed E-state index contributed by atoms with van der Waals surface area (Å²) in [4.78, 5) is 13.2. The molecule has 1 heterocycles. The number of anilines is 2. The van der Waals surface area contributed by atoms with Gasteiger partial charge in [-0.25, -0.2) is 0 Å². The molecule has 4 heteroatoms. The zero-order valence-corrected chi connectivity index (χ0v) is 8.23. The molecule has 4 nitrogen and oxygen atoms in total. The summed E-state index contributed by atoms with van der Waals surface area (Å²) in [6.45, 7) is 0.730. The molecule has 0 spiro atoms. The molecular formula is C11H11N3O. The molecule has 76 valence electrons. The number of nitrogen functional groups attached to an aromatic ring is 1. The third kappa shape index (κ3) is 1.64. The monoisotopic (exact) mass is 201 g/mol. The number of carbonyl (C=O) groups excluding carboxylic acids is 1. The van der Waals surface area contributed by atoms with Crippen LogP contribution in [0.3, 0.4) is 0 Å². The second kappa shape index (κ2) is 3.62. The Hall–Kier alpha value is -2.02. The summed E-state index contributed by atoms with van der Waals surface area (Å²) in [5.41, 5.74) is 7.25. The maximum Gasteiger partial charge on any atom is 0.227 e. The van der Waals surface area contributed by atoms with Crippen molar-refractivity contribution >= 4 is 17.3 Å². The molecule has 0 saturated carbocycles. The second-order valence-electron chi connectivity index (χ2n) is 3.53. The summed E-state index contributed by atoms with van der Waals surface area (Å²) in [5.74, 6) is 0.115. The standard InChI is InChI=1S/C11H11N3O/c12-7-8-6-9(3-4-10(8)13)14-5-1-2-11(14)15/h3-4,6H,1-2,5,13H2. The number of nitrogens with two attached hydrogens (primary N) is 1. The van der Waals surface area contributed by atoms with Gasteiger partial charge in [0.25, 0.3) is 0 Å². The second-order valence-corrected chi connectivity index (χ2v) is 3.53. The minimum absolute atomic E-state index is 0.115. The summed E-state index contributed by atoms with van der Waals surface area (Å²) < 4.78 is 0. The molecule has 1 fully saturated rings. The third-order valence-corrected chi connectivity index (χ3v) is 2.54. The highest BCUT2D eigenvalue weighted by Crippen LogP contribution is 2.24. The molecular weight excluding hydrogens is 190 g/mol. The number of carbonyl (C=O) groups is 1. The van der Waals surface area contributed by atoms with Crippen molar-refractivity contribution in [3.05, 3.63) is 23.8 Å². The predicted molar refractivity (Wildman–Crippen MR) is 57.2 cm³/mol. The van der Waals surface area contributed by atoms with Gasteiger partial charge in [0.2, 0.25) is 5.91 Å². The molecule has 0 atom stereocenters. The predicted octanol–water partition coefficient (Wildman–Crippen LogP) is 1.27. The molecule has 1 aromatic carbocycles. The van der Waals surface area contributed by atoms with Crippen LogP contribution >= 0.6 is 0 Å². The van der Waals surface area contributed by atoms with Gasteiger partial charge in [-0.1, -0.05) is 0 Å². The lowest BCUT2D eigenvalue weighted by atomic mass is 10.1. The first-order valence-electron chi connectivity index (χ1n) is 4.82. The largest absolute Gasteiger partial charge is 0.398 e. The number of nitrogens with zero attached hydrogens (tertiary/aromatic N) is 2. The van der Waals surface area contributed by atoms with Crippen molar-refractivity contribution in [2.45, 2.75) is 12.8 Å². The minimum atomic E-state index is 0.115. The van der Waals surface area contributed by atoms with Gasteiger partial charge in [-0.05, 0) is 24.6 Å². The van der Waals surface area contributed by atoms with Gasteiger partial charge in [-0.3, -0.25) is 4.79 Å². The van der Waals surface area contributed by atoms with E-state index in [-0.39, 0.29) is 5.91 Å². The average Bonchev–Trinajstić information content (AvgIpc) is 2.65. The van der Waals surface area contributed by atoms with Gasteiger partial charge in [0.1, 0.15) is 6.07 Å². The molecule has 15 heavy (non-hydrogen) atoms. The Morgan fingerprint density at radius 2 is 2.27 bits per heavy atom. The lowest BCUT2D eigenvalue weighted by molar-refractivity contribution is -0.117. The number of benzene rings is 1. The molecule has 0 radical (unpaired) electrons. The fourth-order valence-electron chi connectivity index (χ4n) is 1.73. The van der Waals surface area contributed by atoms with Crippen LogP contribution in [0.5, 0.6) is 0 Å². The van der Waals surface area contributed by atoms with Crippen molar-refractivity contribution in [2.24, 2.45) is 0 Å². The third-order valence-electron chi connectivity index (χ3n) is 2.54. The molecule has 1 amide bonds. The maximum absolute atomic E-state index is 11.5. The van der Waals surface area contributed by atoms with Crippen molar-refractivity contribution in [1.29, 1.82) is 5.26 Å². The molecule has 2 rings (SSSR count). The Morgan fingerprint density at radius 1 is 1.47 bits per heavy atom. The summed E-state index contributed by atoms with van der Waals surface area (Å²) in [6.07, 6.45) is 1.47. The Balaban J connectivity index is 2.37. The molecule has 0 aromatic heterocycles. The molecule has 1 saturated heterocycles. The van der Waals surface area contributed by atoms with E-state index in [9.17, 15) is 4.79 Å². The zero-order chi connectivity index (χ0) is 10.8. The lowest BCUT2D eigenvalue weighted by Gasteiger charge is -2.16. The topological polar surface area (TPSA) is 70.1 Å². The van der Waals surface area contributed by atoms with E-state index in [1.165, 1.54) is 0 Å². The lowest BCUT2D eigenvalue weighted by Crippen LogP contribution is -2.23. The van der Waals surface area contributed by atoms with E-state index in [1.54, 1.807) is 23.1 Å². The van der Waals surface area contributed by atoms with E-state index in [2.05, 4.69) is 0 Å². The van der Waals surface area contributed by atoms with Crippen molar-refractivity contribution in [3.8, 4) is 6.07 Å². The molecule has 1 aliphatic heterocycles. The molecule has 0 aliphatic carbocycles. The van der Waals surface area contributed by atoms with E-state index in [4.69, 9.17) is 11.0 Å². The summed E-state index contributed by atoms with van der Waals surface area (Å²) in [6, 6.07) is 7.12. The first-order chi connectivity index (χ1) is 7.22. The molecule has 0 unspecified atom stereocenters. The van der Waals surface area contributed by atoms with Crippen LogP contribution in [0.15, 0.2) is 18.2 Å². The van der Waals surface area contributed by atoms with E-state index >= 15 is 0 Å². The number of nitriles is 1. The fraction of sp³-hybridized carbons (Fsp3) is 0.273. The molecule has 2 N–H and O–H groups in total. The van der Waals surface area contributed by atoms with Gasteiger partial charge in [0.05, 0.1) is 5.56 Å². The minimum Gasteiger partial charge on any atom is -0.398 e. The van der Waals surface area contributed by atoms with Crippen molar-refractivity contribution in [2.75, 3.05) is 17.2 Å². The van der Waals surface area contributed by atoms with Gasteiger partial charge in [0.15, 0.2) is 0 Å². The smallest absolute Gasteiger partial charge is 0.227 e. The van der Waals surface area contributed by atoms with Crippen LogP contribution in [0.4, 0.5) is 11.4 Å². The number of hydrogen-bond donors (Lipinski definition) is 1. The SMILES string of the molecule is N#Cc1cc(N2CCCC2=O)ccc1N. The molecule has 1 aliphatic rings. The molecule has 1 aromatic rings. The number of hydrogen-bond acceptors (Lipinski definition) is 3. The normalized spacial score (nSPS) is 15.4. The Bertz CT molecular complexity index is 448. The van der Waals surface area contributed by atoms with E-state index in [0.717, 1.165) is 18.7 Å². The van der Waals surface area contributed by atoms with Crippen LogP contribution < -0.4 is 10.6 Å². The van der Waals surface area contributed by atoms with E-state index in [1.807, 2.05) is 6.07 Å². The van der Waals surface area contributed by atoms with Gasteiger partial charge < -0.3 is 10.6 Å². The van der Waals surface area contributed by atoms with E-state index in [0.29, 0.717) is 17.7 Å². The van der Waals surface area contributed by atoms with Gasteiger partial charge in [-0.15, -0.1) is 0 Å². The first-order valence-corrected chi connectivity index (χ1v) is 4.82. The number of amides is 1. The van der Waals surface area contributed by atoms with Crippen molar-refractivity contribution < 1.29 is 4.79 Å². The van der Waals surface area contributed by atoms with Gasteiger partial charge in [-0.2, -0.15) is 5.26 Å². The summed E-state index contributed by atoms with van der Waals surface area (Å²) in [7, 11) is 0. The van der Waals surface area contributed by atoms with Crippen molar-refractivity contribution in [1.82, 2.24) is 0 Å². The maximum atomic E-state index is 11.5. The summed E-state index contributed by atoms with van der Waals surface area (Å²) >= 11 is 0. The Labute approximate surface area is 87.9 Å². The Kier molecular flexibility index (Phi) is 2.30. The Morgan fingerprint density at radius 3 is 2.87 bits per heavy atom. The summed E-state index contributed by atoms with van der Waals surface area (Å²) in [5, 5.41) is 8.82. The zero-order valence-electron chi connectivity index (χ0n) is 8.23. The van der Waals surface area contributed by atoms with Gasteiger partial charge >= 0.3 is 0 Å². The van der Waals surface area contributed by atoms with Crippen LogP contribution in [0.1, 0.15) is 18.4 Å². The highest BCUT2D eigenvalue weighted by Gasteiger charge is 2.21.